The number of aromatic amines is 1. The Bertz CT molecular complexity index is 586. The first-order valence-electron chi connectivity index (χ1n) is 6.30. The third kappa shape index (κ3) is 1.13. The molecular formula is C14H17N3. The van der Waals surface area contributed by atoms with Gasteiger partial charge in [-0.15, -0.1) is 0 Å². The zero-order chi connectivity index (χ0) is 11.6. The summed E-state index contributed by atoms with van der Waals surface area (Å²) in [5.74, 6) is 0.506. The first kappa shape index (κ1) is 9.68. The molecule has 4 rings (SSSR count). The molecule has 3 N–H and O–H groups in total. The Hall–Kier alpha value is -1.32. The molecular weight excluding hydrogens is 210 g/mol. The number of nitrogens with two attached hydrogens (primary N) is 1. The Balaban J connectivity index is 2.00. The summed E-state index contributed by atoms with van der Waals surface area (Å²) < 4.78 is 0. The second-order valence-electron chi connectivity index (χ2n) is 5.48. The highest BCUT2D eigenvalue weighted by atomic mass is 15.2. The minimum atomic E-state index is 0.277. The molecule has 88 valence electrons. The second-order valence-corrected chi connectivity index (χ2v) is 5.48. The van der Waals surface area contributed by atoms with Crippen LogP contribution in [0, 0.1) is 0 Å². The minimum absolute atomic E-state index is 0.277. The van der Waals surface area contributed by atoms with Gasteiger partial charge in [0.25, 0.3) is 0 Å². The lowest BCUT2D eigenvalue weighted by molar-refractivity contribution is 0.294. The molecule has 3 unspecified atom stereocenters. The van der Waals surface area contributed by atoms with E-state index in [0.29, 0.717) is 12.0 Å². The standard InChI is InChI=1S/C14H17N3/c1-17-7-10(15)14-9-3-2-4-11-13(9)8(6-16-11)5-12(14)17/h2-4,6,10,12,14,16H,5,7,15H2,1H3. The predicted octanol–water partition coefficient (Wildman–Crippen LogP) is 1.45. The van der Waals surface area contributed by atoms with Crippen LogP contribution in [-0.2, 0) is 6.42 Å². The van der Waals surface area contributed by atoms with E-state index in [9.17, 15) is 0 Å². The largest absolute Gasteiger partial charge is 0.361 e. The van der Waals surface area contributed by atoms with Gasteiger partial charge in [0.2, 0.25) is 0 Å². The lowest BCUT2D eigenvalue weighted by atomic mass is 9.79. The fourth-order valence-corrected chi connectivity index (χ4v) is 3.81. The van der Waals surface area contributed by atoms with E-state index in [0.717, 1.165) is 13.0 Å². The van der Waals surface area contributed by atoms with Gasteiger partial charge < -0.3 is 15.6 Å². The molecule has 17 heavy (non-hydrogen) atoms. The van der Waals surface area contributed by atoms with Crippen LogP contribution < -0.4 is 5.73 Å². The van der Waals surface area contributed by atoms with Crippen molar-refractivity contribution in [2.75, 3.05) is 13.6 Å². The van der Waals surface area contributed by atoms with Crippen LogP contribution in [-0.4, -0.2) is 35.6 Å². The molecule has 0 spiro atoms. The van der Waals surface area contributed by atoms with E-state index in [1.54, 1.807) is 0 Å². The molecule has 1 aliphatic carbocycles. The smallest absolute Gasteiger partial charge is 0.0459 e. The monoisotopic (exact) mass is 227 g/mol. The van der Waals surface area contributed by atoms with Gasteiger partial charge in [0.15, 0.2) is 0 Å². The maximum atomic E-state index is 6.33. The molecule has 0 radical (unpaired) electrons. The number of hydrogen-bond donors (Lipinski definition) is 2. The number of likely N-dealkylation sites (N-methyl/N-ethyl adjacent to an activating group) is 1. The van der Waals surface area contributed by atoms with Crippen LogP contribution in [0.15, 0.2) is 24.4 Å². The molecule has 1 aromatic carbocycles. The van der Waals surface area contributed by atoms with Crippen LogP contribution in [0.1, 0.15) is 17.0 Å². The molecule has 3 heteroatoms. The highest BCUT2D eigenvalue weighted by molar-refractivity contribution is 5.88. The van der Waals surface area contributed by atoms with E-state index in [1.807, 2.05) is 0 Å². The van der Waals surface area contributed by atoms with Gasteiger partial charge in [0, 0.05) is 41.6 Å². The molecule has 2 aliphatic rings. The summed E-state index contributed by atoms with van der Waals surface area (Å²) in [6, 6.07) is 7.42. The predicted molar refractivity (Wildman–Crippen MR) is 69.1 cm³/mol. The van der Waals surface area contributed by atoms with Crippen molar-refractivity contribution >= 4 is 10.9 Å². The molecule has 2 aromatic rings. The summed E-state index contributed by atoms with van der Waals surface area (Å²) in [5.41, 5.74) is 10.5. The second kappa shape index (κ2) is 3.12. The number of likely N-dealkylation sites (tertiary alicyclic amines) is 1. The maximum Gasteiger partial charge on any atom is 0.0459 e. The summed E-state index contributed by atoms with van der Waals surface area (Å²) in [7, 11) is 2.20. The number of benzene rings is 1. The van der Waals surface area contributed by atoms with Crippen molar-refractivity contribution in [3.05, 3.63) is 35.5 Å². The Morgan fingerprint density at radius 1 is 1.41 bits per heavy atom. The van der Waals surface area contributed by atoms with Crippen LogP contribution in [0.3, 0.4) is 0 Å². The highest BCUT2D eigenvalue weighted by Crippen LogP contribution is 2.42. The average Bonchev–Trinajstić information content (AvgIpc) is 2.85. The highest BCUT2D eigenvalue weighted by Gasteiger charge is 2.42. The van der Waals surface area contributed by atoms with E-state index in [1.165, 1.54) is 22.0 Å². The number of hydrogen-bond acceptors (Lipinski definition) is 2. The first-order valence-corrected chi connectivity index (χ1v) is 6.30. The van der Waals surface area contributed by atoms with Crippen molar-refractivity contribution in [1.29, 1.82) is 0 Å². The molecule has 0 amide bonds. The third-order valence-corrected chi connectivity index (χ3v) is 4.55. The van der Waals surface area contributed by atoms with E-state index in [4.69, 9.17) is 5.73 Å². The van der Waals surface area contributed by atoms with E-state index >= 15 is 0 Å². The lowest BCUT2D eigenvalue weighted by Crippen LogP contribution is -2.34. The van der Waals surface area contributed by atoms with Gasteiger partial charge >= 0.3 is 0 Å². The molecule has 1 aliphatic heterocycles. The van der Waals surface area contributed by atoms with Crippen LogP contribution in [0.4, 0.5) is 0 Å². The van der Waals surface area contributed by atoms with Crippen LogP contribution in [0.2, 0.25) is 0 Å². The maximum absolute atomic E-state index is 6.33. The minimum Gasteiger partial charge on any atom is -0.361 e. The van der Waals surface area contributed by atoms with Gasteiger partial charge in [-0.3, -0.25) is 0 Å². The number of nitrogens with zero attached hydrogens (tertiary/aromatic N) is 1. The number of H-pyrrole nitrogens is 1. The van der Waals surface area contributed by atoms with Gasteiger partial charge in [-0.1, -0.05) is 12.1 Å². The molecule has 3 nitrogen and oxygen atoms in total. The summed E-state index contributed by atoms with van der Waals surface area (Å²) in [5, 5.41) is 1.43. The summed E-state index contributed by atoms with van der Waals surface area (Å²) >= 11 is 0. The normalized spacial score (nSPS) is 32.0. The zero-order valence-electron chi connectivity index (χ0n) is 9.98. The van der Waals surface area contributed by atoms with Crippen LogP contribution in [0.5, 0.6) is 0 Å². The topological polar surface area (TPSA) is 45.0 Å². The Morgan fingerprint density at radius 3 is 3.18 bits per heavy atom. The quantitative estimate of drug-likeness (QED) is 0.715. The van der Waals surface area contributed by atoms with Gasteiger partial charge in [-0.05, 0) is 30.7 Å². The number of fused-ring (bicyclic) bond motifs is 2. The van der Waals surface area contributed by atoms with Gasteiger partial charge in [-0.2, -0.15) is 0 Å². The Labute approximate surface area is 101 Å². The first-order chi connectivity index (χ1) is 8.25. The molecule has 1 fully saturated rings. The van der Waals surface area contributed by atoms with Gasteiger partial charge in [0.05, 0.1) is 0 Å². The van der Waals surface area contributed by atoms with Crippen molar-refractivity contribution in [3.63, 3.8) is 0 Å². The molecule has 3 atom stereocenters. The molecule has 1 saturated heterocycles. The van der Waals surface area contributed by atoms with Crippen molar-refractivity contribution in [2.45, 2.75) is 24.4 Å². The Kier molecular flexibility index (Phi) is 1.78. The average molecular weight is 227 g/mol. The Morgan fingerprint density at radius 2 is 2.29 bits per heavy atom. The molecule has 0 saturated carbocycles. The zero-order valence-corrected chi connectivity index (χ0v) is 9.98. The van der Waals surface area contributed by atoms with Crippen molar-refractivity contribution in [2.24, 2.45) is 5.73 Å². The van der Waals surface area contributed by atoms with Gasteiger partial charge in [0.1, 0.15) is 0 Å². The van der Waals surface area contributed by atoms with Crippen LogP contribution in [0.25, 0.3) is 10.9 Å². The van der Waals surface area contributed by atoms with E-state index in [2.05, 4.69) is 41.3 Å². The van der Waals surface area contributed by atoms with Crippen molar-refractivity contribution in [3.8, 4) is 0 Å². The number of aromatic nitrogens is 1. The molecule has 0 bridgehead atoms. The SMILES string of the molecule is CN1CC(N)C2c3cccc4[nH]cc(c34)CC21. The summed E-state index contributed by atoms with van der Waals surface area (Å²) in [6.07, 6.45) is 3.30. The molecule has 1 aromatic heterocycles. The van der Waals surface area contributed by atoms with Gasteiger partial charge in [-0.25, -0.2) is 0 Å². The lowest BCUT2D eigenvalue weighted by Gasteiger charge is -2.30. The number of rotatable bonds is 0. The van der Waals surface area contributed by atoms with E-state index < -0.39 is 0 Å². The number of nitrogens with one attached hydrogen (secondary N) is 1. The fourth-order valence-electron chi connectivity index (χ4n) is 3.81. The van der Waals surface area contributed by atoms with Crippen molar-refractivity contribution < 1.29 is 0 Å². The third-order valence-electron chi connectivity index (χ3n) is 4.55. The molecule has 2 heterocycles. The fraction of sp³-hybridized carbons (Fsp3) is 0.429. The van der Waals surface area contributed by atoms with Crippen LogP contribution >= 0.6 is 0 Å². The summed E-state index contributed by atoms with van der Waals surface area (Å²) in [4.78, 5) is 5.80. The summed E-state index contributed by atoms with van der Waals surface area (Å²) in [6.45, 7) is 1.01. The van der Waals surface area contributed by atoms with Crippen molar-refractivity contribution in [1.82, 2.24) is 9.88 Å². The van der Waals surface area contributed by atoms with E-state index in [-0.39, 0.29) is 6.04 Å².